The minimum Gasteiger partial charge on any atom is -0.322 e. The van der Waals surface area contributed by atoms with Crippen LogP contribution in [0.5, 0.6) is 0 Å². The van der Waals surface area contributed by atoms with Gasteiger partial charge in [0.05, 0.1) is 0 Å². The maximum Gasteiger partial charge on any atom is 0.0386 e. The van der Waals surface area contributed by atoms with Gasteiger partial charge in [-0.25, -0.2) is 0 Å². The number of fused-ring (bicyclic) bond motifs is 1. The Hall–Kier alpha value is -0.340. The van der Waals surface area contributed by atoms with Gasteiger partial charge in [-0.1, -0.05) is 22.0 Å². The lowest BCUT2D eigenvalue weighted by Crippen LogP contribution is -2.29. The number of nitrogens with two attached hydrogens (primary N) is 1. The highest BCUT2D eigenvalue weighted by molar-refractivity contribution is 9.10. The van der Waals surface area contributed by atoms with E-state index >= 15 is 0 Å². The van der Waals surface area contributed by atoms with Gasteiger partial charge in [-0.05, 0) is 43.0 Å². The van der Waals surface area contributed by atoms with Gasteiger partial charge in [0.15, 0.2) is 0 Å². The Kier molecular flexibility index (Phi) is 1.77. The van der Waals surface area contributed by atoms with Gasteiger partial charge in [0.2, 0.25) is 0 Å². The summed E-state index contributed by atoms with van der Waals surface area (Å²) >= 11 is 3.46. The van der Waals surface area contributed by atoms with Crippen LogP contribution in [0.3, 0.4) is 0 Å². The highest BCUT2D eigenvalue weighted by Crippen LogP contribution is 2.35. The Morgan fingerprint density at radius 2 is 2.25 bits per heavy atom. The average molecular weight is 226 g/mol. The second kappa shape index (κ2) is 2.57. The van der Waals surface area contributed by atoms with Crippen molar-refractivity contribution >= 4 is 15.9 Å². The van der Waals surface area contributed by atoms with Gasteiger partial charge < -0.3 is 5.73 Å². The van der Waals surface area contributed by atoms with Crippen molar-refractivity contribution in [3.8, 4) is 0 Å². The van der Waals surface area contributed by atoms with E-state index < -0.39 is 0 Å². The molecule has 1 aliphatic rings. The first-order valence-electron chi connectivity index (χ1n) is 4.17. The SMILES string of the molecule is C[C@]1(N)CCc2cc(Br)ccc21. The number of rotatable bonds is 0. The second-order valence-electron chi connectivity index (χ2n) is 3.72. The molecule has 12 heavy (non-hydrogen) atoms. The van der Waals surface area contributed by atoms with Crippen LogP contribution >= 0.6 is 15.9 Å². The van der Waals surface area contributed by atoms with Crippen molar-refractivity contribution in [2.24, 2.45) is 5.73 Å². The van der Waals surface area contributed by atoms with E-state index in [4.69, 9.17) is 5.73 Å². The topological polar surface area (TPSA) is 26.0 Å². The standard InChI is InChI=1S/C10H12BrN/c1-10(12)5-4-7-6-8(11)2-3-9(7)10/h2-3,6H,4-5,12H2,1H3/t10-/m0/s1. The van der Waals surface area contributed by atoms with Crippen LogP contribution in [0, 0.1) is 0 Å². The Bertz CT molecular complexity index is 318. The molecule has 0 amide bonds. The predicted octanol–water partition coefficient (Wildman–Crippen LogP) is 2.57. The van der Waals surface area contributed by atoms with Gasteiger partial charge in [-0.3, -0.25) is 0 Å². The molecule has 0 unspecified atom stereocenters. The summed E-state index contributed by atoms with van der Waals surface area (Å²) in [7, 11) is 0. The molecule has 2 heteroatoms. The Morgan fingerprint density at radius 1 is 1.50 bits per heavy atom. The third-order valence-corrected chi connectivity index (χ3v) is 3.09. The Labute approximate surface area is 81.1 Å². The van der Waals surface area contributed by atoms with E-state index in [1.54, 1.807) is 0 Å². The predicted molar refractivity (Wildman–Crippen MR) is 54.0 cm³/mol. The van der Waals surface area contributed by atoms with Crippen molar-refractivity contribution in [1.29, 1.82) is 0 Å². The van der Waals surface area contributed by atoms with Crippen LogP contribution in [0.1, 0.15) is 24.5 Å². The normalized spacial score (nSPS) is 27.2. The second-order valence-corrected chi connectivity index (χ2v) is 4.63. The molecular formula is C10H12BrN. The smallest absolute Gasteiger partial charge is 0.0386 e. The summed E-state index contributed by atoms with van der Waals surface area (Å²) in [5.74, 6) is 0. The lowest BCUT2D eigenvalue weighted by atomic mass is 9.96. The molecule has 0 aromatic heterocycles. The van der Waals surface area contributed by atoms with E-state index in [1.807, 2.05) is 0 Å². The molecule has 0 bridgehead atoms. The highest BCUT2D eigenvalue weighted by atomic mass is 79.9. The Morgan fingerprint density at radius 3 is 3.00 bits per heavy atom. The summed E-state index contributed by atoms with van der Waals surface area (Å²) in [6.45, 7) is 2.10. The number of aryl methyl sites for hydroxylation is 1. The quantitative estimate of drug-likeness (QED) is 0.722. The zero-order chi connectivity index (χ0) is 8.77. The van der Waals surface area contributed by atoms with Crippen molar-refractivity contribution in [1.82, 2.24) is 0 Å². The molecule has 1 aliphatic carbocycles. The zero-order valence-corrected chi connectivity index (χ0v) is 8.69. The first-order valence-corrected chi connectivity index (χ1v) is 4.97. The van der Waals surface area contributed by atoms with E-state index in [-0.39, 0.29) is 5.54 Å². The third kappa shape index (κ3) is 1.19. The van der Waals surface area contributed by atoms with E-state index in [2.05, 4.69) is 41.1 Å². The summed E-state index contributed by atoms with van der Waals surface area (Å²) in [5.41, 5.74) is 8.73. The molecule has 64 valence electrons. The number of hydrogen-bond acceptors (Lipinski definition) is 1. The van der Waals surface area contributed by atoms with Crippen LogP contribution < -0.4 is 5.73 Å². The summed E-state index contributed by atoms with van der Waals surface area (Å²) in [6, 6.07) is 6.37. The number of benzene rings is 1. The van der Waals surface area contributed by atoms with Gasteiger partial charge in [-0.15, -0.1) is 0 Å². The van der Waals surface area contributed by atoms with E-state index in [1.165, 1.54) is 11.1 Å². The van der Waals surface area contributed by atoms with Crippen molar-refractivity contribution in [2.45, 2.75) is 25.3 Å². The molecule has 2 rings (SSSR count). The number of halogens is 1. The minimum atomic E-state index is -0.101. The summed E-state index contributed by atoms with van der Waals surface area (Å²) in [4.78, 5) is 0. The van der Waals surface area contributed by atoms with Crippen molar-refractivity contribution in [3.63, 3.8) is 0 Å². The monoisotopic (exact) mass is 225 g/mol. The lowest BCUT2D eigenvalue weighted by Gasteiger charge is -2.18. The molecule has 0 saturated carbocycles. The largest absolute Gasteiger partial charge is 0.322 e. The molecule has 1 atom stereocenters. The Balaban J connectivity index is 2.55. The maximum atomic E-state index is 6.12. The molecule has 0 saturated heterocycles. The van der Waals surface area contributed by atoms with Crippen LogP contribution in [0.15, 0.2) is 22.7 Å². The average Bonchev–Trinajstić information content (AvgIpc) is 2.27. The molecule has 2 N–H and O–H groups in total. The van der Waals surface area contributed by atoms with Crippen molar-refractivity contribution in [2.75, 3.05) is 0 Å². The molecular weight excluding hydrogens is 214 g/mol. The van der Waals surface area contributed by atoms with Crippen LogP contribution in [0.25, 0.3) is 0 Å². The zero-order valence-electron chi connectivity index (χ0n) is 7.10. The van der Waals surface area contributed by atoms with Crippen LogP contribution in [-0.2, 0) is 12.0 Å². The molecule has 1 nitrogen and oxygen atoms in total. The fourth-order valence-corrected chi connectivity index (χ4v) is 2.26. The molecule has 0 aliphatic heterocycles. The van der Waals surface area contributed by atoms with E-state index in [0.29, 0.717) is 0 Å². The van der Waals surface area contributed by atoms with Gasteiger partial charge in [0, 0.05) is 10.0 Å². The molecule has 1 aromatic carbocycles. The summed E-state index contributed by atoms with van der Waals surface area (Å²) in [5, 5.41) is 0. The van der Waals surface area contributed by atoms with E-state index in [9.17, 15) is 0 Å². The number of hydrogen-bond donors (Lipinski definition) is 1. The van der Waals surface area contributed by atoms with Gasteiger partial charge in [0.1, 0.15) is 0 Å². The third-order valence-electron chi connectivity index (χ3n) is 2.60. The van der Waals surface area contributed by atoms with Gasteiger partial charge in [-0.2, -0.15) is 0 Å². The lowest BCUT2D eigenvalue weighted by molar-refractivity contribution is 0.492. The molecule has 0 radical (unpaired) electrons. The minimum absolute atomic E-state index is 0.101. The fourth-order valence-electron chi connectivity index (χ4n) is 1.86. The van der Waals surface area contributed by atoms with Crippen molar-refractivity contribution < 1.29 is 0 Å². The summed E-state index contributed by atoms with van der Waals surface area (Å²) < 4.78 is 1.15. The fraction of sp³-hybridized carbons (Fsp3) is 0.400. The maximum absolute atomic E-state index is 6.12. The molecule has 0 heterocycles. The molecule has 0 spiro atoms. The highest BCUT2D eigenvalue weighted by Gasteiger charge is 2.29. The van der Waals surface area contributed by atoms with Gasteiger partial charge in [0.25, 0.3) is 0 Å². The first kappa shape index (κ1) is 8.27. The summed E-state index contributed by atoms with van der Waals surface area (Å²) in [6.07, 6.45) is 2.18. The first-order chi connectivity index (χ1) is 5.59. The van der Waals surface area contributed by atoms with Crippen LogP contribution in [0.4, 0.5) is 0 Å². The van der Waals surface area contributed by atoms with Crippen LogP contribution in [-0.4, -0.2) is 0 Å². The molecule has 1 aromatic rings. The van der Waals surface area contributed by atoms with E-state index in [0.717, 1.165) is 17.3 Å². The molecule has 0 fully saturated rings. The van der Waals surface area contributed by atoms with Crippen molar-refractivity contribution in [3.05, 3.63) is 33.8 Å². The van der Waals surface area contributed by atoms with Gasteiger partial charge >= 0.3 is 0 Å². The van der Waals surface area contributed by atoms with Crippen LogP contribution in [0.2, 0.25) is 0 Å².